The van der Waals surface area contributed by atoms with Crippen LogP contribution in [0, 0.1) is 11.6 Å². The van der Waals surface area contributed by atoms with Crippen LogP contribution in [0.5, 0.6) is 0 Å². The minimum absolute atomic E-state index is 0.0477. The fraction of sp³-hybridized carbons (Fsp3) is 0.471. The van der Waals surface area contributed by atoms with E-state index in [1.54, 1.807) is 4.90 Å². The third-order valence-corrected chi connectivity index (χ3v) is 3.91. The van der Waals surface area contributed by atoms with Crippen molar-refractivity contribution in [3.8, 4) is 0 Å². The molecule has 6 nitrogen and oxygen atoms in total. The summed E-state index contributed by atoms with van der Waals surface area (Å²) in [6, 6.07) is 2.68. The molecule has 1 aromatic carbocycles. The summed E-state index contributed by atoms with van der Waals surface area (Å²) < 4.78 is 26.2. The molecule has 1 heterocycles. The van der Waals surface area contributed by atoms with Crippen LogP contribution in [-0.4, -0.2) is 48.8 Å². The van der Waals surface area contributed by atoms with Crippen molar-refractivity contribution < 1.29 is 23.2 Å². The van der Waals surface area contributed by atoms with Gasteiger partial charge in [0.2, 0.25) is 11.8 Å². The molecular weight excluding hydrogens is 332 g/mol. The van der Waals surface area contributed by atoms with Gasteiger partial charge in [-0.05, 0) is 25.0 Å². The second kappa shape index (κ2) is 9.10. The lowest BCUT2D eigenvalue weighted by Gasteiger charge is -2.15. The van der Waals surface area contributed by atoms with Crippen LogP contribution in [0.2, 0.25) is 0 Å². The second-order valence-corrected chi connectivity index (χ2v) is 5.82. The molecule has 1 aliphatic heterocycles. The van der Waals surface area contributed by atoms with Gasteiger partial charge in [-0.2, -0.15) is 0 Å². The van der Waals surface area contributed by atoms with Crippen LogP contribution < -0.4 is 10.6 Å². The van der Waals surface area contributed by atoms with Crippen molar-refractivity contribution in [3.63, 3.8) is 0 Å². The smallest absolute Gasteiger partial charge is 0.254 e. The second-order valence-electron chi connectivity index (χ2n) is 5.82. The highest BCUT2D eigenvalue weighted by atomic mass is 19.1. The van der Waals surface area contributed by atoms with Gasteiger partial charge in [0.05, 0.1) is 5.56 Å². The number of amides is 3. The highest BCUT2D eigenvalue weighted by Crippen LogP contribution is 2.10. The van der Waals surface area contributed by atoms with Crippen LogP contribution in [-0.2, 0) is 9.59 Å². The molecule has 0 radical (unpaired) electrons. The molecule has 1 aromatic rings. The largest absolute Gasteiger partial charge is 0.356 e. The van der Waals surface area contributed by atoms with Gasteiger partial charge >= 0.3 is 0 Å². The maximum atomic E-state index is 13.4. The number of carbonyl (C=O) groups excluding carboxylic acids is 3. The Bertz CT molecular complexity index is 652. The van der Waals surface area contributed by atoms with Gasteiger partial charge in [-0.1, -0.05) is 0 Å². The Morgan fingerprint density at radius 3 is 2.64 bits per heavy atom. The maximum absolute atomic E-state index is 13.4. The minimum Gasteiger partial charge on any atom is -0.356 e. The zero-order valence-electron chi connectivity index (χ0n) is 13.8. The molecule has 0 saturated carbocycles. The summed E-state index contributed by atoms with van der Waals surface area (Å²) in [4.78, 5) is 36.6. The predicted molar refractivity (Wildman–Crippen MR) is 86.7 cm³/mol. The van der Waals surface area contributed by atoms with Crippen molar-refractivity contribution in [2.45, 2.75) is 25.7 Å². The standard InChI is InChI=1S/C17H21F2N3O3/c18-12-4-5-13(14(19)11-12)17(25)21-8-6-15(23)20-7-2-10-22-9-1-3-16(22)24/h4-5,11H,1-3,6-10H2,(H,20,23)(H,21,25). The SMILES string of the molecule is O=C(CCNC(=O)c1ccc(F)cc1F)NCCCN1CCCC1=O. The summed E-state index contributed by atoms with van der Waals surface area (Å²) >= 11 is 0. The van der Waals surface area contributed by atoms with Gasteiger partial charge in [0.25, 0.3) is 5.91 Å². The normalized spacial score (nSPS) is 13.8. The lowest BCUT2D eigenvalue weighted by Crippen LogP contribution is -2.33. The molecule has 8 heteroatoms. The van der Waals surface area contributed by atoms with Gasteiger partial charge in [0.1, 0.15) is 11.6 Å². The monoisotopic (exact) mass is 353 g/mol. The average Bonchev–Trinajstić information content (AvgIpc) is 2.96. The number of likely N-dealkylation sites (tertiary alicyclic amines) is 1. The number of rotatable bonds is 8. The van der Waals surface area contributed by atoms with Crippen LogP contribution in [0.1, 0.15) is 36.0 Å². The summed E-state index contributed by atoms with van der Waals surface area (Å²) in [5, 5.41) is 5.12. The number of carbonyl (C=O) groups is 3. The first-order valence-electron chi connectivity index (χ1n) is 8.25. The average molecular weight is 353 g/mol. The Kier molecular flexibility index (Phi) is 6.85. The van der Waals surface area contributed by atoms with E-state index in [1.807, 2.05) is 0 Å². The molecule has 0 bridgehead atoms. The molecule has 2 rings (SSSR count). The minimum atomic E-state index is -0.946. The molecule has 0 spiro atoms. The summed E-state index contributed by atoms with van der Waals surface area (Å²) in [7, 11) is 0. The van der Waals surface area contributed by atoms with Gasteiger partial charge < -0.3 is 15.5 Å². The Morgan fingerprint density at radius 2 is 1.96 bits per heavy atom. The van der Waals surface area contributed by atoms with Crippen LogP contribution >= 0.6 is 0 Å². The van der Waals surface area contributed by atoms with E-state index < -0.39 is 17.5 Å². The summed E-state index contributed by atoms with van der Waals surface area (Å²) in [5.41, 5.74) is -0.267. The first kappa shape index (κ1) is 18.8. The maximum Gasteiger partial charge on any atom is 0.254 e. The van der Waals surface area contributed by atoms with Crippen molar-refractivity contribution in [2.24, 2.45) is 0 Å². The molecule has 1 aliphatic rings. The molecule has 2 N–H and O–H groups in total. The molecule has 0 aliphatic carbocycles. The molecule has 1 fully saturated rings. The molecule has 1 saturated heterocycles. The Morgan fingerprint density at radius 1 is 1.16 bits per heavy atom. The van der Waals surface area contributed by atoms with Gasteiger partial charge in [-0.3, -0.25) is 14.4 Å². The summed E-state index contributed by atoms with van der Waals surface area (Å²) in [6.45, 7) is 1.90. The molecular formula is C17H21F2N3O3. The Hall–Kier alpha value is -2.51. The van der Waals surface area contributed by atoms with Crippen molar-refractivity contribution in [2.75, 3.05) is 26.2 Å². The number of hydrogen-bond donors (Lipinski definition) is 2. The lowest BCUT2D eigenvalue weighted by molar-refractivity contribution is -0.127. The molecule has 136 valence electrons. The number of hydrogen-bond acceptors (Lipinski definition) is 3. The Labute approximate surface area is 144 Å². The molecule has 3 amide bonds. The fourth-order valence-corrected chi connectivity index (χ4v) is 2.58. The summed E-state index contributed by atoms with van der Waals surface area (Å²) in [5.74, 6) is -2.49. The van der Waals surface area contributed by atoms with Crippen molar-refractivity contribution >= 4 is 17.7 Å². The Balaban J connectivity index is 1.60. The van der Waals surface area contributed by atoms with E-state index in [4.69, 9.17) is 0 Å². The van der Waals surface area contributed by atoms with E-state index in [2.05, 4.69) is 10.6 Å². The molecule has 0 unspecified atom stereocenters. The van der Waals surface area contributed by atoms with Crippen LogP contribution in [0.3, 0.4) is 0 Å². The number of benzene rings is 1. The van der Waals surface area contributed by atoms with Crippen LogP contribution in [0.25, 0.3) is 0 Å². The van der Waals surface area contributed by atoms with Gasteiger partial charge in [0, 0.05) is 45.1 Å². The zero-order chi connectivity index (χ0) is 18.2. The van der Waals surface area contributed by atoms with E-state index in [1.165, 1.54) is 0 Å². The first-order valence-corrected chi connectivity index (χ1v) is 8.25. The van der Waals surface area contributed by atoms with Crippen molar-refractivity contribution in [3.05, 3.63) is 35.4 Å². The molecule has 0 atom stereocenters. The fourth-order valence-electron chi connectivity index (χ4n) is 2.58. The van der Waals surface area contributed by atoms with Gasteiger partial charge in [-0.15, -0.1) is 0 Å². The third-order valence-electron chi connectivity index (χ3n) is 3.91. The van der Waals surface area contributed by atoms with Crippen molar-refractivity contribution in [1.82, 2.24) is 15.5 Å². The quantitative estimate of drug-likeness (QED) is 0.690. The van der Waals surface area contributed by atoms with E-state index in [9.17, 15) is 23.2 Å². The molecule has 0 aromatic heterocycles. The topological polar surface area (TPSA) is 78.5 Å². The van der Waals surface area contributed by atoms with Gasteiger partial charge in [0.15, 0.2) is 0 Å². The van der Waals surface area contributed by atoms with Crippen LogP contribution in [0.15, 0.2) is 18.2 Å². The van der Waals surface area contributed by atoms with E-state index in [0.717, 1.165) is 25.1 Å². The lowest BCUT2D eigenvalue weighted by atomic mass is 10.2. The molecule has 25 heavy (non-hydrogen) atoms. The van der Waals surface area contributed by atoms with Crippen molar-refractivity contribution in [1.29, 1.82) is 0 Å². The van der Waals surface area contributed by atoms with E-state index >= 15 is 0 Å². The zero-order valence-corrected chi connectivity index (χ0v) is 13.8. The summed E-state index contributed by atoms with van der Waals surface area (Å²) in [6.07, 6.45) is 2.21. The van der Waals surface area contributed by atoms with E-state index in [-0.39, 0.29) is 30.3 Å². The highest BCUT2D eigenvalue weighted by molar-refractivity contribution is 5.94. The third kappa shape index (κ3) is 5.81. The first-order chi connectivity index (χ1) is 12.0. The number of nitrogens with one attached hydrogen (secondary N) is 2. The predicted octanol–water partition coefficient (Wildman–Crippen LogP) is 1.21. The van der Waals surface area contributed by atoms with Gasteiger partial charge in [-0.25, -0.2) is 8.78 Å². The number of nitrogens with zero attached hydrogens (tertiary/aromatic N) is 1. The van der Waals surface area contributed by atoms with Crippen LogP contribution in [0.4, 0.5) is 8.78 Å². The number of halogens is 2. The highest BCUT2D eigenvalue weighted by Gasteiger charge is 2.19. The van der Waals surface area contributed by atoms with E-state index in [0.29, 0.717) is 32.0 Å².